The van der Waals surface area contributed by atoms with Crippen molar-refractivity contribution >= 4 is 6.16 Å². The molecule has 8 atom stereocenters. The summed E-state index contributed by atoms with van der Waals surface area (Å²) in [5.41, 5.74) is 3.51. The van der Waals surface area contributed by atoms with Crippen molar-refractivity contribution in [1.29, 1.82) is 0 Å². The third kappa shape index (κ3) is 5.71. The summed E-state index contributed by atoms with van der Waals surface area (Å²) in [6.07, 6.45) is 16.9. The summed E-state index contributed by atoms with van der Waals surface area (Å²) < 4.78 is 11.4. The van der Waals surface area contributed by atoms with Crippen LogP contribution in [0.15, 0.2) is 35.9 Å². The van der Waals surface area contributed by atoms with Gasteiger partial charge in [0.2, 0.25) is 0 Å². The van der Waals surface area contributed by atoms with Crippen LogP contribution in [0.25, 0.3) is 0 Å². The quantitative estimate of drug-likeness (QED) is 0.189. The Balaban J connectivity index is 1.21. The second-order valence-electron chi connectivity index (χ2n) is 14.6. The molecule has 0 unspecified atom stereocenters. The fourth-order valence-corrected chi connectivity index (χ4v) is 9.84. The molecule has 4 aliphatic rings. The first kappa shape index (κ1) is 28.7. The van der Waals surface area contributed by atoms with E-state index in [1.165, 1.54) is 51.4 Å². The fraction of sp³-hybridized carbons (Fsp3) is 0.750. The average molecular weight is 535 g/mol. The van der Waals surface area contributed by atoms with Crippen LogP contribution in [-0.4, -0.2) is 12.3 Å². The minimum atomic E-state index is -0.556. The molecule has 0 amide bonds. The first-order valence-corrected chi connectivity index (χ1v) is 16.3. The summed E-state index contributed by atoms with van der Waals surface area (Å²) >= 11 is 0. The second-order valence-corrected chi connectivity index (χ2v) is 14.6. The van der Waals surface area contributed by atoms with Crippen molar-refractivity contribution in [3.8, 4) is 5.75 Å². The molecule has 0 saturated heterocycles. The van der Waals surface area contributed by atoms with Crippen LogP contribution in [-0.2, 0) is 11.2 Å². The van der Waals surface area contributed by atoms with E-state index in [-0.39, 0.29) is 11.5 Å². The summed E-state index contributed by atoms with van der Waals surface area (Å²) in [5.74, 6) is 5.67. The van der Waals surface area contributed by atoms with E-state index in [0.29, 0.717) is 11.2 Å². The number of hydrogen-bond acceptors (Lipinski definition) is 3. The Morgan fingerprint density at radius 3 is 2.62 bits per heavy atom. The van der Waals surface area contributed by atoms with Gasteiger partial charge in [-0.2, -0.15) is 0 Å². The Hall–Kier alpha value is -1.77. The number of allylic oxidation sites excluding steroid dienone is 1. The molecule has 0 N–H and O–H groups in total. The Labute approximate surface area is 238 Å². The predicted molar refractivity (Wildman–Crippen MR) is 160 cm³/mol. The van der Waals surface area contributed by atoms with Crippen LogP contribution in [0.3, 0.4) is 0 Å². The first-order valence-electron chi connectivity index (χ1n) is 16.3. The minimum Gasteiger partial charge on any atom is -0.430 e. The van der Waals surface area contributed by atoms with E-state index in [1.54, 1.807) is 5.57 Å². The van der Waals surface area contributed by atoms with Crippen molar-refractivity contribution in [2.24, 2.45) is 46.3 Å². The zero-order valence-corrected chi connectivity index (χ0v) is 25.6. The monoisotopic (exact) mass is 534 g/mol. The highest BCUT2D eigenvalue weighted by Gasteiger charge is 2.59. The standard InChI is InChI=1S/C36H54O3/c1-7-26-12-9-13-28(22-26)38-34(37)39-29-18-20-35(5)27(23-29)14-15-30-32-17-16-31(25(4)11-8-10-24(2)3)36(32,6)21-19-33(30)35/h9,12-14,22,24-25,29-33H,7-8,10-11,15-21,23H2,1-6H3/t25-,29-,30-,31+,32+,33+,35-,36-/m0/s1. The number of hydrogen-bond donors (Lipinski definition) is 0. The lowest BCUT2D eigenvalue weighted by Crippen LogP contribution is -2.51. The molecular weight excluding hydrogens is 480 g/mol. The van der Waals surface area contributed by atoms with Gasteiger partial charge in [-0.1, -0.05) is 84.6 Å². The third-order valence-corrected chi connectivity index (χ3v) is 12.0. The molecule has 0 spiro atoms. The molecule has 0 aliphatic heterocycles. The summed E-state index contributed by atoms with van der Waals surface area (Å²) in [4.78, 5) is 12.6. The summed E-state index contributed by atoms with van der Waals surface area (Å²) in [6.45, 7) is 14.6. The van der Waals surface area contributed by atoms with Crippen molar-refractivity contribution in [2.75, 3.05) is 0 Å². The van der Waals surface area contributed by atoms with Crippen molar-refractivity contribution in [3.05, 3.63) is 41.5 Å². The molecule has 0 radical (unpaired) electrons. The lowest BCUT2D eigenvalue weighted by Gasteiger charge is -2.58. The van der Waals surface area contributed by atoms with Gasteiger partial charge in [-0.3, -0.25) is 0 Å². The summed E-state index contributed by atoms with van der Waals surface area (Å²) in [7, 11) is 0. The lowest BCUT2D eigenvalue weighted by molar-refractivity contribution is -0.0597. The van der Waals surface area contributed by atoms with Gasteiger partial charge >= 0.3 is 6.16 Å². The second kappa shape index (κ2) is 11.6. The van der Waals surface area contributed by atoms with Gasteiger partial charge in [0.1, 0.15) is 11.9 Å². The minimum absolute atomic E-state index is 0.0702. The van der Waals surface area contributed by atoms with Crippen LogP contribution in [0.5, 0.6) is 5.75 Å². The van der Waals surface area contributed by atoms with E-state index in [1.807, 2.05) is 18.2 Å². The van der Waals surface area contributed by atoms with Gasteiger partial charge in [0.25, 0.3) is 0 Å². The highest BCUT2D eigenvalue weighted by Crippen LogP contribution is 2.67. The smallest absolute Gasteiger partial charge is 0.430 e. The van der Waals surface area contributed by atoms with Crippen LogP contribution in [0.4, 0.5) is 4.79 Å². The van der Waals surface area contributed by atoms with E-state index in [2.05, 4.69) is 53.7 Å². The maximum Gasteiger partial charge on any atom is 0.514 e. The lowest BCUT2D eigenvalue weighted by atomic mass is 9.47. The summed E-state index contributed by atoms with van der Waals surface area (Å²) in [5, 5.41) is 0. The SMILES string of the molecule is CCc1cccc(OC(=O)O[C@H]2CC[C@@]3(C)C(=CC[C@H]4[C@H]5CC[C@H]([C@@H](C)CCCC(C)C)[C@]5(C)CC[C@H]43)C2)c1. The molecule has 1 aromatic rings. The van der Waals surface area contributed by atoms with Gasteiger partial charge in [0.05, 0.1) is 0 Å². The van der Waals surface area contributed by atoms with Crippen molar-refractivity contribution < 1.29 is 14.3 Å². The van der Waals surface area contributed by atoms with E-state index in [9.17, 15) is 4.79 Å². The van der Waals surface area contributed by atoms with Gasteiger partial charge in [0, 0.05) is 6.42 Å². The number of rotatable bonds is 8. The first-order chi connectivity index (χ1) is 18.6. The molecule has 3 saturated carbocycles. The van der Waals surface area contributed by atoms with Crippen molar-refractivity contribution in [3.63, 3.8) is 0 Å². The Bertz CT molecular complexity index is 1040. The maximum absolute atomic E-state index is 12.6. The van der Waals surface area contributed by atoms with Crippen LogP contribution in [0, 0.1) is 46.3 Å². The molecule has 0 heterocycles. The predicted octanol–water partition coefficient (Wildman–Crippen LogP) is 10.2. The Kier molecular flexibility index (Phi) is 8.56. The molecule has 1 aromatic carbocycles. The van der Waals surface area contributed by atoms with Gasteiger partial charge in [-0.25, -0.2) is 4.79 Å². The normalized spacial score (nSPS) is 36.4. The van der Waals surface area contributed by atoms with Crippen molar-refractivity contribution in [2.45, 2.75) is 125 Å². The molecule has 4 aliphatic carbocycles. The van der Waals surface area contributed by atoms with Crippen LogP contribution >= 0.6 is 0 Å². The topological polar surface area (TPSA) is 35.5 Å². The Morgan fingerprint density at radius 2 is 1.85 bits per heavy atom. The molecular formula is C36H54O3. The maximum atomic E-state index is 12.6. The zero-order valence-electron chi connectivity index (χ0n) is 25.6. The average Bonchev–Trinajstić information content (AvgIpc) is 3.26. The zero-order chi connectivity index (χ0) is 27.8. The molecule has 3 fully saturated rings. The highest BCUT2D eigenvalue weighted by molar-refractivity contribution is 5.64. The molecule has 216 valence electrons. The number of fused-ring (bicyclic) bond motifs is 5. The van der Waals surface area contributed by atoms with E-state index in [4.69, 9.17) is 9.47 Å². The molecule has 5 rings (SSSR count). The van der Waals surface area contributed by atoms with Crippen molar-refractivity contribution in [1.82, 2.24) is 0 Å². The van der Waals surface area contributed by atoms with E-state index in [0.717, 1.165) is 66.8 Å². The van der Waals surface area contributed by atoms with Crippen LogP contribution in [0.2, 0.25) is 0 Å². The largest absolute Gasteiger partial charge is 0.514 e. The number of ether oxygens (including phenoxy) is 2. The highest BCUT2D eigenvalue weighted by atomic mass is 16.7. The fourth-order valence-electron chi connectivity index (χ4n) is 9.84. The third-order valence-electron chi connectivity index (χ3n) is 12.0. The molecule has 39 heavy (non-hydrogen) atoms. The van der Waals surface area contributed by atoms with Gasteiger partial charge in [-0.15, -0.1) is 0 Å². The number of carbonyl (C=O) groups excluding carboxylic acids is 1. The molecule has 3 nitrogen and oxygen atoms in total. The van der Waals surface area contributed by atoms with Gasteiger partial charge in [0.15, 0.2) is 0 Å². The van der Waals surface area contributed by atoms with E-state index < -0.39 is 6.16 Å². The van der Waals surface area contributed by atoms with Crippen LogP contribution in [0.1, 0.15) is 118 Å². The molecule has 3 heteroatoms. The number of benzene rings is 1. The Morgan fingerprint density at radius 1 is 1.03 bits per heavy atom. The van der Waals surface area contributed by atoms with Gasteiger partial charge < -0.3 is 9.47 Å². The van der Waals surface area contributed by atoms with E-state index >= 15 is 0 Å². The van der Waals surface area contributed by atoms with Crippen LogP contribution < -0.4 is 4.74 Å². The molecule has 0 bridgehead atoms. The van der Waals surface area contributed by atoms with Gasteiger partial charge in [-0.05, 0) is 115 Å². The number of carbonyl (C=O) groups is 1. The molecule has 0 aromatic heterocycles. The number of aryl methyl sites for hydroxylation is 1. The summed E-state index contributed by atoms with van der Waals surface area (Å²) in [6, 6.07) is 7.75.